The van der Waals surface area contributed by atoms with Crippen LogP contribution in [0.25, 0.3) is 10.9 Å². The number of methoxy groups -OCH3 is 1. The number of likely N-dealkylation sites (tertiary alicyclic amines) is 1. The molecule has 2 aromatic rings. The highest BCUT2D eigenvalue weighted by atomic mass is 16.5. The SMILES string of the molecule is COCCCN(Cc1cc2ccccc2n1C)C1CCN(C)CC1. The Bertz CT molecular complexity index is 643. The highest BCUT2D eigenvalue weighted by Gasteiger charge is 2.23. The Balaban J connectivity index is 1.75. The first-order chi connectivity index (χ1) is 11.7. The molecule has 132 valence electrons. The van der Waals surface area contributed by atoms with Gasteiger partial charge in [0.05, 0.1) is 0 Å². The lowest BCUT2D eigenvalue weighted by Gasteiger charge is -2.37. The third-order valence-corrected chi connectivity index (χ3v) is 5.41. The number of aromatic nitrogens is 1. The molecule has 2 heterocycles. The second-order valence-electron chi connectivity index (χ2n) is 7.10. The van der Waals surface area contributed by atoms with E-state index in [9.17, 15) is 0 Å². The summed E-state index contributed by atoms with van der Waals surface area (Å²) in [6.45, 7) is 5.41. The standard InChI is InChI=1S/C20H31N3O/c1-21-12-9-18(10-13-21)23(11-6-14-24-3)16-19-15-17-7-4-5-8-20(17)22(19)2/h4-5,7-8,15,18H,6,9-14,16H2,1-3H3. The van der Waals surface area contributed by atoms with Crippen molar-refractivity contribution in [3.8, 4) is 0 Å². The molecule has 1 aromatic carbocycles. The van der Waals surface area contributed by atoms with Gasteiger partial charge in [-0.25, -0.2) is 0 Å². The van der Waals surface area contributed by atoms with Gasteiger partial charge in [0.15, 0.2) is 0 Å². The largest absolute Gasteiger partial charge is 0.385 e. The van der Waals surface area contributed by atoms with Crippen molar-refractivity contribution >= 4 is 10.9 Å². The first-order valence-electron chi connectivity index (χ1n) is 9.14. The van der Waals surface area contributed by atoms with Crippen molar-refractivity contribution in [3.63, 3.8) is 0 Å². The van der Waals surface area contributed by atoms with Gasteiger partial charge in [-0.1, -0.05) is 18.2 Å². The summed E-state index contributed by atoms with van der Waals surface area (Å²) in [5, 5.41) is 1.34. The van der Waals surface area contributed by atoms with E-state index < -0.39 is 0 Å². The predicted molar refractivity (Wildman–Crippen MR) is 100 cm³/mol. The van der Waals surface area contributed by atoms with E-state index in [1.54, 1.807) is 7.11 Å². The smallest absolute Gasteiger partial charge is 0.0480 e. The van der Waals surface area contributed by atoms with Crippen molar-refractivity contribution in [1.29, 1.82) is 0 Å². The Morgan fingerprint density at radius 2 is 1.92 bits per heavy atom. The number of nitrogens with zero attached hydrogens (tertiary/aromatic N) is 3. The van der Waals surface area contributed by atoms with E-state index in [1.807, 2.05) is 0 Å². The number of piperidine rings is 1. The van der Waals surface area contributed by atoms with Crippen LogP contribution in [-0.2, 0) is 18.3 Å². The van der Waals surface area contributed by atoms with Crippen LogP contribution in [0.1, 0.15) is 25.0 Å². The fourth-order valence-corrected chi connectivity index (χ4v) is 3.87. The Kier molecular flexibility index (Phi) is 5.93. The summed E-state index contributed by atoms with van der Waals surface area (Å²) < 4.78 is 7.63. The third-order valence-electron chi connectivity index (χ3n) is 5.41. The molecule has 1 aromatic heterocycles. The highest BCUT2D eigenvalue weighted by Crippen LogP contribution is 2.23. The molecule has 0 atom stereocenters. The molecule has 4 nitrogen and oxygen atoms in total. The van der Waals surface area contributed by atoms with Crippen molar-refractivity contribution in [2.45, 2.75) is 31.8 Å². The van der Waals surface area contributed by atoms with Gasteiger partial charge in [-0.3, -0.25) is 4.90 Å². The van der Waals surface area contributed by atoms with Crippen molar-refractivity contribution in [2.75, 3.05) is 40.4 Å². The minimum absolute atomic E-state index is 0.691. The topological polar surface area (TPSA) is 20.6 Å². The molecule has 1 aliphatic heterocycles. The van der Waals surface area contributed by atoms with E-state index in [0.29, 0.717) is 6.04 Å². The van der Waals surface area contributed by atoms with Crippen LogP contribution in [0.2, 0.25) is 0 Å². The lowest BCUT2D eigenvalue weighted by Crippen LogP contribution is -2.44. The maximum atomic E-state index is 5.28. The molecule has 4 heteroatoms. The molecule has 1 aliphatic rings. The van der Waals surface area contributed by atoms with E-state index in [-0.39, 0.29) is 0 Å². The first-order valence-corrected chi connectivity index (χ1v) is 9.14. The summed E-state index contributed by atoms with van der Waals surface area (Å²) in [7, 11) is 6.22. The second-order valence-corrected chi connectivity index (χ2v) is 7.10. The van der Waals surface area contributed by atoms with Crippen molar-refractivity contribution < 1.29 is 4.74 Å². The van der Waals surface area contributed by atoms with Gasteiger partial charge in [-0.15, -0.1) is 0 Å². The van der Waals surface area contributed by atoms with Crippen molar-refractivity contribution in [2.24, 2.45) is 7.05 Å². The number of hydrogen-bond donors (Lipinski definition) is 0. The Hall–Kier alpha value is -1.36. The molecule has 0 N–H and O–H groups in total. The molecule has 1 saturated heterocycles. The van der Waals surface area contributed by atoms with Gasteiger partial charge in [-0.2, -0.15) is 0 Å². The van der Waals surface area contributed by atoms with Crippen LogP contribution in [-0.4, -0.2) is 60.8 Å². The zero-order chi connectivity index (χ0) is 16.9. The fraction of sp³-hybridized carbons (Fsp3) is 0.600. The molecule has 0 radical (unpaired) electrons. The average molecular weight is 329 g/mol. The lowest BCUT2D eigenvalue weighted by molar-refractivity contribution is 0.0984. The molecule has 0 aliphatic carbocycles. The summed E-state index contributed by atoms with van der Waals surface area (Å²) in [6.07, 6.45) is 3.65. The molecule has 3 rings (SSSR count). The van der Waals surface area contributed by atoms with E-state index in [0.717, 1.165) is 26.1 Å². The summed E-state index contributed by atoms with van der Waals surface area (Å²) in [5.74, 6) is 0. The summed E-state index contributed by atoms with van der Waals surface area (Å²) >= 11 is 0. The van der Waals surface area contributed by atoms with Gasteiger partial charge >= 0.3 is 0 Å². The molecule has 0 unspecified atom stereocenters. The quantitative estimate of drug-likeness (QED) is 0.728. The molecular weight excluding hydrogens is 298 g/mol. The van der Waals surface area contributed by atoms with E-state index in [4.69, 9.17) is 4.74 Å². The zero-order valence-electron chi connectivity index (χ0n) is 15.4. The summed E-state index contributed by atoms with van der Waals surface area (Å²) in [6, 6.07) is 11.7. The van der Waals surface area contributed by atoms with Gasteiger partial charge in [-0.05, 0) is 56.9 Å². The number of hydrogen-bond acceptors (Lipinski definition) is 3. The minimum atomic E-state index is 0.691. The number of aryl methyl sites for hydroxylation is 1. The number of fused-ring (bicyclic) bond motifs is 1. The van der Waals surface area contributed by atoms with Gasteiger partial charge < -0.3 is 14.2 Å². The van der Waals surface area contributed by atoms with Crippen LogP contribution in [0, 0.1) is 0 Å². The monoisotopic (exact) mass is 329 g/mol. The number of benzene rings is 1. The van der Waals surface area contributed by atoms with Gasteiger partial charge in [0.2, 0.25) is 0 Å². The zero-order valence-corrected chi connectivity index (χ0v) is 15.4. The van der Waals surface area contributed by atoms with Crippen LogP contribution < -0.4 is 0 Å². The van der Waals surface area contributed by atoms with Crippen LogP contribution in [0.3, 0.4) is 0 Å². The molecular formula is C20H31N3O. The number of rotatable bonds is 7. The molecule has 0 bridgehead atoms. The minimum Gasteiger partial charge on any atom is -0.385 e. The molecule has 1 fully saturated rings. The molecule has 24 heavy (non-hydrogen) atoms. The highest BCUT2D eigenvalue weighted by molar-refractivity contribution is 5.81. The van der Waals surface area contributed by atoms with Crippen LogP contribution in [0.4, 0.5) is 0 Å². The van der Waals surface area contributed by atoms with Crippen LogP contribution in [0.15, 0.2) is 30.3 Å². The maximum Gasteiger partial charge on any atom is 0.0480 e. The van der Waals surface area contributed by atoms with E-state index >= 15 is 0 Å². The first kappa shape index (κ1) is 17.5. The second kappa shape index (κ2) is 8.15. The van der Waals surface area contributed by atoms with Gasteiger partial charge in [0.25, 0.3) is 0 Å². The Labute approximate surface area is 146 Å². The third kappa shape index (κ3) is 4.00. The normalized spacial score (nSPS) is 17.2. The summed E-state index contributed by atoms with van der Waals surface area (Å²) in [4.78, 5) is 5.13. The van der Waals surface area contributed by atoms with Gasteiger partial charge in [0, 0.05) is 51.1 Å². The fourth-order valence-electron chi connectivity index (χ4n) is 3.87. The summed E-state index contributed by atoms with van der Waals surface area (Å²) in [5.41, 5.74) is 2.74. The maximum absolute atomic E-state index is 5.28. The molecule has 0 spiro atoms. The van der Waals surface area contributed by atoms with Crippen LogP contribution >= 0.6 is 0 Å². The van der Waals surface area contributed by atoms with E-state index in [1.165, 1.54) is 42.5 Å². The Morgan fingerprint density at radius 1 is 1.17 bits per heavy atom. The lowest BCUT2D eigenvalue weighted by atomic mass is 10.0. The number of para-hydroxylation sites is 1. The number of ether oxygens (including phenoxy) is 1. The molecule has 0 amide bonds. The average Bonchev–Trinajstić information content (AvgIpc) is 2.91. The van der Waals surface area contributed by atoms with Crippen molar-refractivity contribution in [1.82, 2.24) is 14.4 Å². The molecule has 0 saturated carbocycles. The Morgan fingerprint density at radius 3 is 2.62 bits per heavy atom. The predicted octanol–water partition coefficient (Wildman–Crippen LogP) is 3.11. The van der Waals surface area contributed by atoms with Gasteiger partial charge in [0.1, 0.15) is 0 Å². The van der Waals surface area contributed by atoms with E-state index in [2.05, 4.69) is 58.8 Å². The van der Waals surface area contributed by atoms with Crippen LogP contribution in [0.5, 0.6) is 0 Å². The van der Waals surface area contributed by atoms with Crippen molar-refractivity contribution in [3.05, 3.63) is 36.0 Å².